The van der Waals surface area contributed by atoms with Gasteiger partial charge in [0.25, 0.3) is 40.5 Å². The third-order valence-electron chi connectivity index (χ3n) is 9.99. The van der Waals surface area contributed by atoms with Crippen LogP contribution in [0, 0.1) is 0 Å². The number of benzene rings is 2. The summed E-state index contributed by atoms with van der Waals surface area (Å²) in [5.74, 6) is -3.92. The monoisotopic (exact) mass is 893 g/mol. The Bertz CT molecular complexity index is 2560. The molecule has 4 N–H and O–H groups in total. The van der Waals surface area contributed by atoms with Crippen molar-refractivity contribution in [1.82, 2.24) is 0 Å². The van der Waals surface area contributed by atoms with Crippen LogP contribution in [-0.4, -0.2) is 126 Å². The SMILES string of the molecule is CC1(C)C(CCCC2N(CCS(=O)(=O)O)c3ccc(S(=O)(=O)CCS(=O)(=O)O)cc3C2(C)C)=[N+](CCS(=O)(=O)O)c2ccc(CS(=O)(=O)CS(=O)(=O)O)cc21. The van der Waals surface area contributed by atoms with E-state index in [1.807, 2.05) is 27.7 Å². The van der Waals surface area contributed by atoms with Gasteiger partial charge in [0.15, 0.2) is 37.0 Å². The van der Waals surface area contributed by atoms with E-state index in [-0.39, 0.29) is 23.5 Å². The Hall–Kier alpha value is -2.55. The molecule has 2 heterocycles. The van der Waals surface area contributed by atoms with Crippen molar-refractivity contribution in [3.63, 3.8) is 0 Å². The van der Waals surface area contributed by atoms with Crippen LogP contribution < -0.4 is 4.90 Å². The third-order valence-corrected chi connectivity index (χ3v) is 17.5. The van der Waals surface area contributed by atoms with Crippen LogP contribution in [0.4, 0.5) is 11.4 Å². The van der Waals surface area contributed by atoms with Gasteiger partial charge in [-0.2, -0.15) is 38.2 Å². The Balaban J connectivity index is 1.69. The first kappa shape index (κ1) is 45.2. The predicted octanol–water partition coefficient (Wildman–Crippen LogP) is 1.60. The van der Waals surface area contributed by atoms with E-state index in [0.29, 0.717) is 47.5 Å². The van der Waals surface area contributed by atoms with Crippen molar-refractivity contribution >= 4 is 77.2 Å². The van der Waals surface area contributed by atoms with Crippen LogP contribution in [0.3, 0.4) is 0 Å². The summed E-state index contributed by atoms with van der Waals surface area (Å²) >= 11 is 0. The Kier molecular flexibility index (Phi) is 12.6. The molecule has 0 amide bonds. The topological polar surface area (TPSA) is 292 Å². The van der Waals surface area contributed by atoms with E-state index < -0.39 is 111 Å². The number of anilines is 1. The van der Waals surface area contributed by atoms with Crippen molar-refractivity contribution < 1.29 is 73.3 Å². The van der Waals surface area contributed by atoms with Gasteiger partial charge >= 0.3 is 0 Å². The predicted molar refractivity (Wildman–Crippen MR) is 204 cm³/mol. The Labute approximate surface area is 322 Å². The maximum absolute atomic E-state index is 13.0. The standard InChI is InChI=1S/C31H44N2O16S6/c1-30(2)24-18-22(20-50(34,35)21-55(47,48)49)8-10-26(24)32(12-14-52(38,39)40)28(30)6-5-7-29-31(3,4)25-19-23(51(36,37)16-17-54(44,45)46)9-11-27(25)33(29)13-15-53(41,42)43/h8-11,18-19,29H,5-7,12-17,20-21H2,1-4H3,(H3-,38,39,40,41,42,43,44,45,46,47,48,49)/p+1. The zero-order valence-electron chi connectivity index (χ0n) is 30.4. The second-order valence-corrected chi connectivity index (χ2v) is 25.5. The van der Waals surface area contributed by atoms with Crippen LogP contribution in [0.5, 0.6) is 0 Å². The van der Waals surface area contributed by atoms with E-state index >= 15 is 0 Å². The summed E-state index contributed by atoms with van der Waals surface area (Å²) in [6.45, 7) is 6.92. The summed E-state index contributed by atoms with van der Waals surface area (Å²) in [7, 11) is -26.8. The number of nitrogens with zero attached hydrogens (tertiary/aromatic N) is 2. The molecule has 0 saturated heterocycles. The fraction of sp³-hybridized carbons (Fsp3) is 0.581. The molecule has 2 aromatic rings. The van der Waals surface area contributed by atoms with Gasteiger partial charge in [0.2, 0.25) is 5.69 Å². The lowest BCUT2D eigenvalue weighted by atomic mass is 9.76. The second-order valence-electron chi connectivity index (χ2n) is 14.8. The molecule has 2 aliphatic heterocycles. The van der Waals surface area contributed by atoms with E-state index in [1.54, 1.807) is 21.6 Å². The molecule has 0 aliphatic carbocycles. The normalized spacial score (nSPS) is 18.8. The summed E-state index contributed by atoms with van der Waals surface area (Å²) in [5, 5.41) is -1.48. The van der Waals surface area contributed by atoms with Crippen LogP contribution in [0.1, 0.15) is 63.6 Å². The highest BCUT2D eigenvalue weighted by Crippen LogP contribution is 2.48. The van der Waals surface area contributed by atoms with E-state index in [2.05, 4.69) is 0 Å². The molecule has 24 heteroatoms. The quantitative estimate of drug-likeness (QED) is 0.122. The fourth-order valence-electron chi connectivity index (χ4n) is 7.49. The van der Waals surface area contributed by atoms with Gasteiger partial charge in [-0.05, 0) is 62.1 Å². The molecule has 55 heavy (non-hydrogen) atoms. The Morgan fingerprint density at radius 1 is 0.691 bits per heavy atom. The third kappa shape index (κ3) is 11.3. The minimum Gasteiger partial charge on any atom is -0.366 e. The lowest BCUT2D eigenvalue weighted by Gasteiger charge is -2.34. The maximum atomic E-state index is 13.0. The van der Waals surface area contributed by atoms with E-state index in [9.17, 15) is 59.6 Å². The number of fused-ring (bicyclic) bond motifs is 2. The lowest BCUT2D eigenvalue weighted by molar-refractivity contribution is -0.434. The Morgan fingerprint density at radius 2 is 1.29 bits per heavy atom. The molecule has 18 nitrogen and oxygen atoms in total. The van der Waals surface area contributed by atoms with E-state index in [4.69, 9.17) is 9.11 Å². The molecular formula is C31H45N2O16S6+. The van der Waals surface area contributed by atoms with Gasteiger partial charge in [-0.3, -0.25) is 18.2 Å². The summed E-state index contributed by atoms with van der Waals surface area (Å²) in [6, 6.07) is 8.16. The van der Waals surface area contributed by atoms with Crippen molar-refractivity contribution in [2.24, 2.45) is 0 Å². The molecule has 0 spiro atoms. The zero-order valence-corrected chi connectivity index (χ0v) is 35.3. The van der Waals surface area contributed by atoms with Gasteiger partial charge < -0.3 is 4.90 Å². The summed E-state index contributed by atoms with van der Waals surface area (Å²) in [4.78, 5) is 1.53. The molecule has 1 unspecified atom stereocenters. The van der Waals surface area contributed by atoms with Crippen molar-refractivity contribution in [3.05, 3.63) is 53.1 Å². The maximum Gasteiger partial charge on any atom is 0.279 e. The lowest BCUT2D eigenvalue weighted by Crippen LogP contribution is -2.43. The molecule has 0 aromatic heterocycles. The van der Waals surface area contributed by atoms with Gasteiger partial charge in [0.05, 0.1) is 33.3 Å². The first-order chi connectivity index (χ1) is 24.7. The summed E-state index contributed by atoms with van der Waals surface area (Å²) in [5.41, 5.74) is 1.29. The molecule has 0 radical (unpaired) electrons. The number of rotatable bonds is 18. The van der Waals surface area contributed by atoms with Gasteiger partial charge in [0.1, 0.15) is 5.75 Å². The highest BCUT2D eigenvalue weighted by atomic mass is 32.3. The van der Waals surface area contributed by atoms with Crippen molar-refractivity contribution in [1.29, 1.82) is 0 Å². The van der Waals surface area contributed by atoms with Crippen molar-refractivity contribution in [2.45, 2.75) is 74.5 Å². The van der Waals surface area contributed by atoms with Crippen LogP contribution in [-0.2, 0) is 76.7 Å². The molecule has 310 valence electrons. The molecule has 0 fully saturated rings. The molecule has 0 saturated carbocycles. The minimum atomic E-state index is -4.83. The fourth-order valence-corrected chi connectivity index (χ4v) is 13.7. The van der Waals surface area contributed by atoms with Gasteiger partial charge in [0, 0.05) is 41.7 Å². The average Bonchev–Trinajstić information content (AvgIpc) is 3.33. The average molecular weight is 894 g/mol. The van der Waals surface area contributed by atoms with Crippen LogP contribution in [0.25, 0.3) is 0 Å². The highest BCUT2D eigenvalue weighted by Gasteiger charge is 2.48. The molecule has 1 atom stereocenters. The Morgan fingerprint density at radius 3 is 1.85 bits per heavy atom. The smallest absolute Gasteiger partial charge is 0.279 e. The zero-order chi connectivity index (χ0) is 41.8. The van der Waals surface area contributed by atoms with E-state index in [1.165, 1.54) is 24.3 Å². The second kappa shape index (κ2) is 15.3. The van der Waals surface area contributed by atoms with Crippen LogP contribution >= 0.6 is 0 Å². The van der Waals surface area contributed by atoms with Crippen LogP contribution in [0.2, 0.25) is 0 Å². The highest BCUT2D eigenvalue weighted by molar-refractivity contribution is 8.05. The van der Waals surface area contributed by atoms with Crippen LogP contribution in [0.15, 0.2) is 41.3 Å². The first-order valence-electron chi connectivity index (χ1n) is 16.6. The molecule has 2 aliphatic rings. The summed E-state index contributed by atoms with van der Waals surface area (Å²) < 4.78 is 183. The minimum absolute atomic E-state index is 0.175. The van der Waals surface area contributed by atoms with Gasteiger partial charge in [-0.25, -0.2) is 16.8 Å². The molecular weight excluding hydrogens is 849 g/mol. The molecule has 4 rings (SSSR count). The van der Waals surface area contributed by atoms with Gasteiger partial charge in [-0.1, -0.05) is 19.9 Å². The van der Waals surface area contributed by atoms with E-state index in [0.717, 1.165) is 0 Å². The van der Waals surface area contributed by atoms with Gasteiger partial charge in [-0.15, -0.1) is 0 Å². The largest absolute Gasteiger partial charge is 0.366 e. The van der Waals surface area contributed by atoms with Crippen molar-refractivity contribution in [2.75, 3.05) is 46.1 Å². The molecule has 2 aromatic carbocycles. The number of hydrogen-bond acceptors (Lipinski definition) is 13. The number of hydrogen-bond donors (Lipinski definition) is 4. The number of sulfone groups is 2. The summed E-state index contributed by atoms with van der Waals surface area (Å²) in [6.07, 6.45) is 1.03. The first-order valence-corrected chi connectivity index (χ1v) is 26.6. The van der Waals surface area contributed by atoms with Crippen molar-refractivity contribution in [3.8, 4) is 0 Å². The molecule has 0 bridgehead atoms.